The van der Waals surface area contributed by atoms with Crippen LogP contribution in [0.2, 0.25) is 0 Å². The number of hydrogen-bond donors (Lipinski definition) is 2. The molecule has 0 amide bonds. The minimum atomic E-state index is -1.38. The summed E-state index contributed by atoms with van der Waals surface area (Å²) in [5, 5.41) is 19.4. The van der Waals surface area contributed by atoms with Crippen LogP contribution < -0.4 is 0 Å². The van der Waals surface area contributed by atoms with Crippen LogP contribution in [-0.4, -0.2) is 16.0 Å². The molecule has 3 aliphatic rings. The van der Waals surface area contributed by atoms with Crippen LogP contribution >= 0.6 is 0 Å². The van der Waals surface area contributed by atoms with E-state index in [1.54, 1.807) is 0 Å². The van der Waals surface area contributed by atoms with Crippen LogP contribution in [0.3, 0.4) is 0 Å². The summed E-state index contributed by atoms with van der Waals surface area (Å²) >= 11 is 0. The predicted molar refractivity (Wildman–Crippen MR) is 104 cm³/mol. The highest BCUT2D eigenvalue weighted by atomic mass is 16.5. The molecular formula is C22H44O2. The lowest BCUT2D eigenvalue weighted by molar-refractivity contribution is -0.210. The Bertz CT molecular complexity index is 226. The van der Waals surface area contributed by atoms with Gasteiger partial charge in [-0.1, -0.05) is 110 Å². The van der Waals surface area contributed by atoms with Crippen LogP contribution in [-0.2, 0) is 0 Å². The molecule has 24 heavy (non-hydrogen) atoms. The van der Waals surface area contributed by atoms with Crippen molar-refractivity contribution >= 4 is 0 Å². The second-order valence-electron chi connectivity index (χ2n) is 8.21. The molecule has 0 aromatic rings. The Morgan fingerprint density at radius 2 is 0.875 bits per heavy atom. The Hall–Kier alpha value is -0.0800. The number of aliphatic hydroxyl groups is 2. The molecule has 0 unspecified atom stereocenters. The van der Waals surface area contributed by atoms with Gasteiger partial charge in [0, 0.05) is 12.3 Å². The van der Waals surface area contributed by atoms with Crippen molar-refractivity contribution in [1.29, 1.82) is 0 Å². The minimum absolute atomic E-state index is 0.131. The van der Waals surface area contributed by atoms with E-state index in [0.29, 0.717) is 6.42 Å². The van der Waals surface area contributed by atoms with Crippen LogP contribution in [0.1, 0.15) is 129 Å². The lowest BCUT2D eigenvalue weighted by Crippen LogP contribution is -2.38. The van der Waals surface area contributed by atoms with Crippen molar-refractivity contribution in [3.63, 3.8) is 0 Å². The normalized spacial score (nSPS) is 22.6. The highest BCUT2D eigenvalue weighted by Crippen LogP contribution is 2.33. The molecule has 0 radical (unpaired) electrons. The second-order valence-corrected chi connectivity index (χ2v) is 8.21. The molecule has 0 aromatic heterocycles. The van der Waals surface area contributed by atoms with Gasteiger partial charge in [0.2, 0.25) is 0 Å². The maximum absolute atomic E-state index is 9.69. The molecule has 144 valence electrons. The molecule has 2 heteroatoms. The maximum atomic E-state index is 9.69. The Morgan fingerprint density at radius 1 is 0.583 bits per heavy atom. The topological polar surface area (TPSA) is 40.5 Å². The van der Waals surface area contributed by atoms with E-state index in [1.807, 2.05) is 6.92 Å². The van der Waals surface area contributed by atoms with Crippen LogP contribution in [0.4, 0.5) is 0 Å². The highest BCUT2D eigenvalue weighted by Gasteiger charge is 2.33. The zero-order valence-corrected chi connectivity index (χ0v) is 16.4. The van der Waals surface area contributed by atoms with Crippen LogP contribution in [0.25, 0.3) is 0 Å². The molecule has 2 nitrogen and oxygen atoms in total. The molecule has 0 bridgehead atoms. The van der Waals surface area contributed by atoms with Gasteiger partial charge in [0.25, 0.3) is 0 Å². The first-order valence-electron chi connectivity index (χ1n) is 11.1. The van der Waals surface area contributed by atoms with Gasteiger partial charge >= 0.3 is 0 Å². The molecule has 3 aliphatic carbocycles. The monoisotopic (exact) mass is 340 g/mol. The molecular weight excluding hydrogens is 296 g/mol. The van der Waals surface area contributed by atoms with Crippen LogP contribution in [0.5, 0.6) is 0 Å². The van der Waals surface area contributed by atoms with Gasteiger partial charge < -0.3 is 10.2 Å². The van der Waals surface area contributed by atoms with Crippen molar-refractivity contribution < 1.29 is 10.2 Å². The summed E-state index contributed by atoms with van der Waals surface area (Å²) in [6.45, 7) is 1.99. The molecule has 0 aromatic carbocycles. The summed E-state index contributed by atoms with van der Waals surface area (Å²) in [5.74, 6) is -1.25. The van der Waals surface area contributed by atoms with E-state index in [1.165, 1.54) is 83.5 Å². The summed E-state index contributed by atoms with van der Waals surface area (Å²) in [5.41, 5.74) is 0. The standard InChI is InChI=1S/C10H20O2.2C6H12/c1-2-8-10(11,12)9-6-4-3-5-7-9;2*1-2-4-6-5-3-1/h9,11-12H,2-8H2,1H3;2*1-6H2. The first kappa shape index (κ1) is 22.0. The lowest BCUT2D eigenvalue weighted by atomic mass is 9.81. The summed E-state index contributed by atoms with van der Waals surface area (Å²) < 4.78 is 0. The van der Waals surface area contributed by atoms with Gasteiger partial charge in [-0.25, -0.2) is 0 Å². The first-order valence-corrected chi connectivity index (χ1v) is 11.1. The third kappa shape index (κ3) is 10.7. The zero-order valence-electron chi connectivity index (χ0n) is 16.4. The maximum Gasteiger partial charge on any atom is 0.165 e. The van der Waals surface area contributed by atoms with Gasteiger partial charge in [0.15, 0.2) is 5.79 Å². The molecule has 0 saturated heterocycles. The third-order valence-electron chi connectivity index (χ3n) is 5.88. The molecule has 0 spiro atoms. The van der Waals surface area contributed by atoms with Gasteiger partial charge in [-0.3, -0.25) is 0 Å². The van der Waals surface area contributed by atoms with E-state index < -0.39 is 5.79 Å². The minimum Gasteiger partial charge on any atom is -0.365 e. The van der Waals surface area contributed by atoms with Crippen molar-refractivity contribution in [2.75, 3.05) is 0 Å². The SMILES string of the molecule is C1CCCCC1.C1CCCCC1.CCCC(O)(O)C1CCCCC1. The first-order chi connectivity index (χ1) is 11.7. The Morgan fingerprint density at radius 3 is 1.17 bits per heavy atom. The van der Waals surface area contributed by atoms with Crippen LogP contribution in [0.15, 0.2) is 0 Å². The van der Waals surface area contributed by atoms with Crippen molar-refractivity contribution in [2.24, 2.45) is 5.92 Å². The van der Waals surface area contributed by atoms with Crippen molar-refractivity contribution in [3.8, 4) is 0 Å². The fraction of sp³-hybridized carbons (Fsp3) is 1.00. The largest absolute Gasteiger partial charge is 0.365 e. The summed E-state index contributed by atoms with van der Waals surface area (Å²) in [7, 11) is 0. The Balaban J connectivity index is 0.000000200. The number of hydrogen-bond acceptors (Lipinski definition) is 2. The van der Waals surface area contributed by atoms with Crippen molar-refractivity contribution in [2.45, 2.75) is 135 Å². The smallest absolute Gasteiger partial charge is 0.165 e. The number of rotatable bonds is 3. The quantitative estimate of drug-likeness (QED) is 0.559. The zero-order chi connectivity index (χ0) is 17.5. The van der Waals surface area contributed by atoms with Gasteiger partial charge in [-0.15, -0.1) is 0 Å². The fourth-order valence-electron chi connectivity index (χ4n) is 4.26. The van der Waals surface area contributed by atoms with E-state index in [9.17, 15) is 10.2 Å². The molecule has 2 N–H and O–H groups in total. The van der Waals surface area contributed by atoms with Crippen molar-refractivity contribution in [3.05, 3.63) is 0 Å². The predicted octanol–water partition coefficient (Wildman–Crippen LogP) is 6.73. The van der Waals surface area contributed by atoms with Gasteiger partial charge in [-0.2, -0.15) is 0 Å². The molecule has 3 rings (SSSR count). The van der Waals surface area contributed by atoms with E-state index in [4.69, 9.17) is 0 Å². The van der Waals surface area contributed by atoms with Gasteiger partial charge in [-0.05, 0) is 12.8 Å². The third-order valence-corrected chi connectivity index (χ3v) is 5.88. The van der Waals surface area contributed by atoms with E-state index in [0.717, 1.165) is 32.1 Å². The van der Waals surface area contributed by atoms with Crippen molar-refractivity contribution in [1.82, 2.24) is 0 Å². The Labute approximate surface area is 151 Å². The van der Waals surface area contributed by atoms with E-state index in [2.05, 4.69) is 0 Å². The van der Waals surface area contributed by atoms with E-state index >= 15 is 0 Å². The summed E-state index contributed by atoms with van der Waals surface area (Å²) in [6, 6.07) is 0. The summed E-state index contributed by atoms with van der Waals surface area (Å²) in [4.78, 5) is 0. The second kappa shape index (κ2) is 14.1. The average Bonchev–Trinajstić information content (AvgIpc) is 2.66. The molecule has 0 aliphatic heterocycles. The van der Waals surface area contributed by atoms with Gasteiger partial charge in [0.05, 0.1) is 0 Å². The van der Waals surface area contributed by atoms with Crippen LogP contribution in [0, 0.1) is 5.92 Å². The lowest BCUT2D eigenvalue weighted by Gasteiger charge is -2.33. The fourth-order valence-corrected chi connectivity index (χ4v) is 4.26. The Kier molecular flexibility index (Phi) is 12.9. The average molecular weight is 341 g/mol. The summed E-state index contributed by atoms with van der Waals surface area (Å²) in [6.07, 6.45) is 25.0. The molecule has 0 heterocycles. The van der Waals surface area contributed by atoms with Gasteiger partial charge in [0.1, 0.15) is 0 Å². The van der Waals surface area contributed by atoms with E-state index in [-0.39, 0.29) is 5.92 Å². The molecule has 3 saturated carbocycles. The highest BCUT2D eigenvalue weighted by molar-refractivity contribution is 4.78. The molecule has 3 fully saturated rings. The molecule has 0 atom stereocenters.